The Morgan fingerprint density at radius 2 is 2.21 bits per heavy atom. The van der Waals surface area contributed by atoms with Gasteiger partial charge in [-0.1, -0.05) is 11.3 Å². The summed E-state index contributed by atoms with van der Waals surface area (Å²) in [6, 6.07) is -1.92. The molecule has 1 aromatic heterocycles. The lowest BCUT2D eigenvalue weighted by Crippen LogP contribution is -2.37. The van der Waals surface area contributed by atoms with Crippen molar-refractivity contribution in [1.29, 1.82) is 0 Å². The molecule has 1 aromatic rings. The molecule has 0 aliphatic heterocycles. The second-order valence-electron chi connectivity index (χ2n) is 2.81. The van der Waals surface area contributed by atoms with Gasteiger partial charge in [0, 0.05) is 17.6 Å². The highest BCUT2D eigenvalue weighted by molar-refractivity contribution is 7.07. The maximum Gasteiger partial charge on any atom is 0.410 e. The number of hydrogen-bond donors (Lipinski definition) is 1. The lowest BCUT2D eigenvalue weighted by molar-refractivity contribution is -0.165. The van der Waals surface area contributed by atoms with E-state index in [1.165, 1.54) is 12.3 Å². The Morgan fingerprint density at radius 3 is 2.50 bits per heavy atom. The van der Waals surface area contributed by atoms with Crippen LogP contribution >= 0.6 is 11.3 Å². The SMILES string of the molecule is Cc1csc(=O)n1C(CN)C(F)(F)F. The zero-order chi connectivity index (χ0) is 10.9. The number of hydrogen-bond acceptors (Lipinski definition) is 3. The molecule has 0 saturated carbocycles. The van der Waals surface area contributed by atoms with Crippen molar-refractivity contribution in [2.24, 2.45) is 5.73 Å². The van der Waals surface area contributed by atoms with E-state index in [1.807, 2.05) is 0 Å². The number of aryl methyl sites for hydroxylation is 1. The maximum atomic E-state index is 12.4. The van der Waals surface area contributed by atoms with Gasteiger partial charge in [0.25, 0.3) is 0 Å². The van der Waals surface area contributed by atoms with Gasteiger partial charge in [0.2, 0.25) is 0 Å². The first-order chi connectivity index (χ1) is 6.38. The highest BCUT2D eigenvalue weighted by Crippen LogP contribution is 2.29. The number of alkyl halides is 3. The topological polar surface area (TPSA) is 48.0 Å². The van der Waals surface area contributed by atoms with Crippen molar-refractivity contribution in [3.05, 3.63) is 20.7 Å². The van der Waals surface area contributed by atoms with E-state index < -0.39 is 23.6 Å². The van der Waals surface area contributed by atoms with Gasteiger partial charge in [-0.25, -0.2) is 0 Å². The summed E-state index contributed by atoms with van der Waals surface area (Å²) < 4.78 is 37.9. The summed E-state index contributed by atoms with van der Waals surface area (Å²) in [5.41, 5.74) is 5.30. The van der Waals surface area contributed by atoms with Crippen molar-refractivity contribution in [1.82, 2.24) is 4.57 Å². The van der Waals surface area contributed by atoms with Crippen LogP contribution < -0.4 is 10.6 Å². The van der Waals surface area contributed by atoms with Crippen LogP contribution in [0.4, 0.5) is 13.2 Å². The molecule has 80 valence electrons. The van der Waals surface area contributed by atoms with E-state index in [9.17, 15) is 18.0 Å². The van der Waals surface area contributed by atoms with E-state index in [4.69, 9.17) is 5.73 Å². The third-order valence-electron chi connectivity index (χ3n) is 1.82. The molecule has 1 unspecified atom stereocenters. The first kappa shape index (κ1) is 11.3. The van der Waals surface area contributed by atoms with Crippen LogP contribution in [-0.2, 0) is 0 Å². The van der Waals surface area contributed by atoms with E-state index in [0.717, 1.165) is 11.3 Å². The van der Waals surface area contributed by atoms with E-state index in [0.29, 0.717) is 4.57 Å². The van der Waals surface area contributed by atoms with Crippen LogP contribution in [0.2, 0.25) is 0 Å². The van der Waals surface area contributed by atoms with Crippen LogP contribution in [0.25, 0.3) is 0 Å². The zero-order valence-corrected chi connectivity index (χ0v) is 8.15. The summed E-state index contributed by atoms with van der Waals surface area (Å²) in [4.78, 5) is 10.5. The minimum absolute atomic E-state index is 0.285. The molecule has 2 N–H and O–H groups in total. The van der Waals surface area contributed by atoms with Gasteiger partial charge in [0.05, 0.1) is 0 Å². The second kappa shape index (κ2) is 3.74. The summed E-state index contributed by atoms with van der Waals surface area (Å²) in [6.45, 7) is 0.827. The molecule has 0 spiro atoms. The number of nitrogens with two attached hydrogens (primary N) is 1. The van der Waals surface area contributed by atoms with Crippen molar-refractivity contribution >= 4 is 11.3 Å². The Balaban J connectivity index is 3.20. The second-order valence-corrected chi connectivity index (χ2v) is 3.63. The first-order valence-corrected chi connectivity index (χ1v) is 4.69. The quantitative estimate of drug-likeness (QED) is 0.825. The van der Waals surface area contributed by atoms with Gasteiger partial charge in [0.15, 0.2) is 0 Å². The molecule has 7 heteroatoms. The fourth-order valence-corrected chi connectivity index (χ4v) is 1.92. The van der Waals surface area contributed by atoms with E-state index in [1.54, 1.807) is 0 Å². The highest BCUT2D eigenvalue weighted by Gasteiger charge is 2.41. The van der Waals surface area contributed by atoms with E-state index >= 15 is 0 Å². The molecule has 14 heavy (non-hydrogen) atoms. The van der Waals surface area contributed by atoms with Crippen LogP contribution in [0.1, 0.15) is 11.7 Å². The van der Waals surface area contributed by atoms with Crippen LogP contribution in [0, 0.1) is 6.92 Å². The third kappa shape index (κ3) is 1.98. The predicted octanol–water partition coefficient (Wildman–Crippen LogP) is 1.28. The van der Waals surface area contributed by atoms with Gasteiger partial charge in [-0.15, -0.1) is 0 Å². The van der Waals surface area contributed by atoms with Gasteiger partial charge in [-0.05, 0) is 6.92 Å². The summed E-state index contributed by atoms with van der Waals surface area (Å²) in [7, 11) is 0. The van der Waals surface area contributed by atoms with Crippen LogP contribution in [0.15, 0.2) is 10.2 Å². The van der Waals surface area contributed by atoms with Gasteiger partial charge in [-0.3, -0.25) is 9.36 Å². The molecule has 0 bridgehead atoms. The number of aromatic nitrogens is 1. The smallest absolute Gasteiger partial charge is 0.328 e. The Morgan fingerprint density at radius 1 is 1.64 bits per heavy atom. The molecule has 0 radical (unpaired) electrons. The molecule has 1 rings (SSSR count). The number of halogens is 3. The fraction of sp³-hybridized carbons (Fsp3) is 0.571. The molecule has 0 fully saturated rings. The molecular formula is C7H9F3N2OS. The Labute approximate surface area is 82.0 Å². The summed E-state index contributed by atoms with van der Waals surface area (Å²) in [5, 5.41) is 1.39. The summed E-state index contributed by atoms with van der Waals surface area (Å²) >= 11 is 0.743. The average molecular weight is 226 g/mol. The Bertz CT molecular complexity index is 368. The van der Waals surface area contributed by atoms with Gasteiger partial charge in [0.1, 0.15) is 6.04 Å². The molecule has 0 amide bonds. The Hall–Kier alpha value is -0.820. The van der Waals surface area contributed by atoms with E-state index in [2.05, 4.69) is 0 Å². The molecule has 0 saturated heterocycles. The molecule has 1 atom stereocenters. The minimum Gasteiger partial charge on any atom is -0.328 e. The summed E-state index contributed by atoms with van der Waals surface area (Å²) in [6.07, 6.45) is -4.48. The lowest BCUT2D eigenvalue weighted by Gasteiger charge is -2.20. The molecule has 0 aromatic carbocycles. The maximum absolute atomic E-state index is 12.4. The van der Waals surface area contributed by atoms with Crippen molar-refractivity contribution in [2.75, 3.05) is 6.54 Å². The van der Waals surface area contributed by atoms with Crippen molar-refractivity contribution < 1.29 is 13.2 Å². The van der Waals surface area contributed by atoms with Crippen molar-refractivity contribution in [3.63, 3.8) is 0 Å². The zero-order valence-electron chi connectivity index (χ0n) is 7.34. The first-order valence-electron chi connectivity index (χ1n) is 3.81. The largest absolute Gasteiger partial charge is 0.410 e. The van der Waals surface area contributed by atoms with Crippen LogP contribution in [0.3, 0.4) is 0 Å². The monoisotopic (exact) mass is 226 g/mol. The van der Waals surface area contributed by atoms with Crippen LogP contribution in [0.5, 0.6) is 0 Å². The standard InChI is InChI=1S/C7H9F3N2OS/c1-4-3-14-6(13)12(4)5(2-11)7(8,9)10/h3,5H,2,11H2,1H3. The van der Waals surface area contributed by atoms with E-state index in [-0.39, 0.29) is 5.69 Å². The minimum atomic E-state index is -4.48. The number of nitrogens with zero attached hydrogens (tertiary/aromatic N) is 1. The third-order valence-corrected chi connectivity index (χ3v) is 2.68. The average Bonchev–Trinajstić information content (AvgIpc) is 2.34. The van der Waals surface area contributed by atoms with Crippen molar-refractivity contribution in [3.8, 4) is 0 Å². The predicted molar refractivity (Wildman–Crippen MR) is 47.5 cm³/mol. The number of rotatable bonds is 2. The molecule has 1 heterocycles. The van der Waals surface area contributed by atoms with Gasteiger partial charge >= 0.3 is 11.0 Å². The normalized spacial score (nSPS) is 14.4. The molecule has 0 aliphatic carbocycles. The lowest BCUT2D eigenvalue weighted by atomic mass is 10.2. The highest BCUT2D eigenvalue weighted by atomic mass is 32.1. The van der Waals surface area contributed by atoms with Crippen LogP contribution in [-0.4, -0.2) is 17.3 Å². The molecular weight excluding hydrogens is 217 g/mol. The number of thiazole rings is 1. The molecule has 0 aliphatic rings. The summed E-state index contributed by atoms with van der Waals surface area (Å²) in [5.74, 6) is 0. The fourth-order valence-electron chi connectivity index (χ4n) is 1.15. The van der Waals surface area contributed by atoms with Gasteiger partial charge < -0.3 is 5.73 Å². The molecule has 3 nitrogen and oxygen atoms in total. The van der Waals surface area contributed by atoms with Crippen molar-refractivity contribution in [2.45, 2.75) is 19.1 Å². The Kier molecular flexibility index (Phi) is 3.01. The van der Waals surface area contributed by atoms with Gasteiger partial charge in [-0.2, -0.15) is 13.2 Å².